The van der Waals surface area contributed by atoms with Gasteiger partial charge < -0.3 is 9.74 Å². The van der Waals surface area contributed by atoms with E-state index in [0.29, 0.717) is 15.9 Å². The van der Waals surface area contributed by atoms with Gasteiger partial charge in [-0.3, -0.25) is 0 Å². The third kappa shape index (κ3) is 3.99. The maximum absolute atomic E-state index is 16.0. The van der Waals surface area contributed by atoms with E-state index in [1.165, 1.54) is 32.7 Å². The lowest BCUT2D eigenvalue weighted by Gasteiger charge is -2.42. The summed E-state index contributed by atoms with van der Waals surface area (Å²) < 4.78 is 16.3. The molecule has 0 spiro atoms. The van der Waals surface area contributed by atoms with Crippen molar-refractivity contribution in [3.8, 4) is 28.0 Å². The Morgan fingerprint density at radius 1 is 0.953 bits per heavy atom. The molecule has 0 radical (unpaired) electrons. The van der Waals surface area contributed by atoms with E-state index in [-0.39, 0.29) is 16.3 Å². The van der Waals surface area contributed by atoms with Gasteiger partial charge in [-0.05, 0) is 101 Å². The number of fused-ring (bicyclic) bond motifs is 4. The summed E-state index contributed by atoms with van der Waals surface area (Å²) in [5, 5.41) is 1.60. The second-order valence-corrected chi connectivity index (χ2v) is 21.1. The first kappa shape index (κ1) is 29.1. The highest BCUT2D eigenvalue weighted by Crippen LogP contribution is 2.80. The first-order valence-electron chi connectivity index (χ1n) is 15.4. The van der Waals surface area contributed by atoms with Gasteiger partial charge in [-0.1, -0.05) is 63.3 Å². The van der Waals surface area contributed by atoms with Gasteiger partial charge in [0.15, 0.2) is 5.75 Å². The minimum atomic E-state index is -2.41. The van der Waals surface area contributed by atoms with Crippen LogP contribution in [0.15, 0.2) is 76.7 Å². The molecule has 1 aliphatic heterocycles. The highest BCUT2D eigenvalue weighted by molar-refractivity contribution is 8.04. The topological polar surface area (TPSA) is 12.5 Å². The van der Waals surface area contributed by atoms with E-state index in [1.54, 1.807) is 11.6 Å². The molecule has 7 rings (SSSR count). The molecule has 224 valence electrons. The number of hydrogen-bond donors (Lipinski definition) is 0. The summed E-state index contributed by atoms with van der Waals surface area (Å²) in [6.07, 6.45) is 3.48. The van der Waals surface area contributed by atoms with E-state index in [1.807, 2.05) is 39.0 Å². The van der Waals surface area contributed by atoms with Crippen molar-refractivity contribution in [3.05, 3.63) is 93.7 Å². The van der Waals surface area contributed by atoms with Crippen molar-refractivity contribution in [2.45, 2.75) is 62.0 Å². The first-order chi connectivity index (χ1) is 20.1. The third-order valence-corrected chi connectivity index (χ3v) is 16.9. The van der Waals surface area contributed by atoms with Crippen LogP contribution in [-0.4, -0.2) is 64.2 Å². The molecular weight excluding hydrogens is 568 g/mol. The smallest absolute Gasteiger partial charge is 0.197 e. The van der Waals surface area contributed by atoms with Crippen molar-refractivity contribution in [3.63, 3.8) is 0 Å². The number of thioether (sulfide) groups is 1. The van der Waals surface area contributed by atoms with Gasteiger partial charge in [0, 0.05) is 27.3 Å². The summed E-state index contributed by atoms with van der Waals surface area (Å²) in [5.41, 5.74) is 10.1. The average molecular weight is 612 g/mol. The van der Waals surface area contributed by atoms with Crippen LogP contribution in [0.25, 0.3) is 22.3 Å². The molecular formula is C37H44FN2OSSi+. The van der Waals surface area contributed by atoms with Crippen molar-refractivity contribution in [1.29, 1.82) is 0 Å². The van der Waals surface area contributed by atoms with Gasteiger partial charge in [0.25, 0.3) is 0 Å². The van der Waals surface area contributed by atoms with Gasteiger partial charge in [-0.15, -0.1) is 16.4 Å². The maximum Gasteiger partial charge on any atom is 0.197 e. The summed E-state index contributed by atoms with van der Waals surface area (Å²) in [6, 6.07) is 19.3. The summed E-state index contributed by atoms with van der Waals surface area (Å²) >= 11 is 2.02. The largest absolute Gasteiger partial charge is 0.315 e. The van der Waals surface area contributed by atoms with Crippen LogP contribution in [0, 0.1) is 5.82 Å². The maximum atomic E-state index is 16.0. The summed E-state index contributed by atoms with van der Waals surface area (Å²) in [6.45, 7) is 11.8. The van der Waals surface area contributed by atoms with Crippen LogP contribution in [0.3, 0.4) is 0 Å². The van der Waals surface area contributed by atoms with Crippen LogP contribution in [0.1, 0.15) is 38.3 Å². The highest BCUT2D eigenvalue weighted by atomic mass is 32.2. The number of rotatable bonds is 6. The fourth-order valence-electron chi connectivity index (χ4n) is 8.75. The van der Waals surface area contributed by atoms with Crippen LogP contribution in [0.5, 0.6) is 5.75 Å². The number of nitrogens with zero attached hydrogens (tertiary/aromatic N) is 2. The van der Waals surface area contributed by atoms with E-state index >= 15 is 4.39 Å². The molecule has 4 aliphatic rings. The van der Waals surface area contributed by atoms with Crippen molar-refractivity contribution in [1.82, 2.24) is 4.90 Å². The Labute approximate surface area is 262 Å². The molecule has 1 heterocycles. The van der Waals surface area contributed by atoms with Crippen molar-refractivity contribution in [2.75, 3.05) is 35.2 Å². The van der Waals surface area contributed by atoms with Crippen molar-refractivity contribution in [2.24, 2.45) is 0 Å². The van der Waals surface area contributed by atoms with Gasteiger partial charge in [0.1, 0.15) is 27.0 Å². The Hall–Kier alpha value is -2.64. The molecule has 0 aromatic heterocycles. The Balaban J connectivity index is 1.44. The normalized spacial score (nSPS) is 25.0. The summed E-state index contributed by atoms with van der Waals surface area (Å²) in [7, 11) is 8.18. The molecule has 0 bridgehead atoms. The molecule has 0 amide bonds. The average Bonchev–Trinajstić information content (AvgIpc) is 3.36. The SMILES string of the molecule is CC1=CC2=C3C(S1)[C@]3([Si](C)(C)c1cc(F)cc(-c3ccc4c(c3)C(C)(C)c3ccccc3-4)c1O[N+](C)(C)C)[C@H](N(C)C)C2. The van der Waals surface area contributed by atoms with E-state index < -0.39 is 8.07 Å². The van der Waals surface area contributed by atoms with Gasteiger partial charge >= 0.3 is 0 Å². The van der Waals surface area contributed by atoms with Gasteiger partial charge in [0.05, 0.1) is 8.07 Å². The number of hydrogen-bond acceptors (Lipinski definition) is 3. The van der Waals surface area contributed by atoms with Gasteiger partial charge in [-0.25, -0.2) is 4.39 Å². The number of quaternary nitrogens is 1. The molecule has 6 heteroatoms. The van der Waals surface area contributed by atoms with Crippen LogP contribution in [-0.2, 0) is 5.41 Å². The van der Waals surface area contributed by atoms with Crippen molar-refractivity contribution < 1.29 is 13.9 Å². The Bertz CT molecular complexity index is 1760. The minimum absolute atomic E-state index is 0.0421. The number of hydroxylamine groups is 3. The van der Waals surface area contributed by atoms with Gasteiger partial charge in [0.2, 0.25) is 0 Å². The number of allylic oxidation sites excluding steroid dienone is 2. The van der Waals surface area contributed by atoms with Crippen LogP contribution in [0.4, 0.5) is 4.39 Å². The van der Waals surface area contributed by atoms with Crippen LogP contribution < -0.4 is 10.0 Å². The zero-order valence-electron chi connectivity index (χ0n) is 27.2. The van der Waals surface area contributed by atoms with E-state index in [2.05, 4.69) is 101 Å². The zero-order valence-corrected chi connectivity index (χ0v) is 29.0. The van der Waals surface area contributed by atoms with Gasteiger partial charge in [-0.2, -0.15) is 0 Å². The summed E-state index contributed by atoms with van der Waals surface area (Å²) in [4.78, 5) is 10.7. The zero-order chi connectivity index (χ0) is 30.9. The monoisotopic (exact) mass is 611 g/mol. The van der Waals surface area contributed by atoms with Crippen LogP contribution in [0.2, 0.25) is 18.1 Å². The minimum Gasteiger partial charge on any atom is -0.315 e. The molecule has 3 aromatic carbocycles. The van der Waals surface area contributed by atoms with Crippen LogP contribution >= 0.6 is 11.8 Å². The molecule has 3 nitrogen and oxygen atoms in total. The number of halogens is 1. The van der Waals surface area contributed by atoms with E-state index in [0.717, 1.165) is 28.5 Å². The first-order valence-corrected chi connectivity index (χ1v) is 19.3. The lowest BCUT2D eigenvalue weighted by molar-refractivity contribution is -1.03. The number of benzene rings is 3. The van der Waals surface area contributed by atoms with E-state index in [4.69, 9.17) is 4.84 Å². The quantitative estimate of drug-likeness (QED) is 0.159. The predicted molar refractivity (Wildman–Crippen MR) is 182 cm³/mol. The standard InChI is InChI=1S/C37H44FN2OSSi/c1-22-17-24-19-32(39(4)5)37(33(24)35(37)42-22)43(9,10)31-21-25(38)20-28(34(31)41-40(6,7)8)23-15-16-27-26-13-11-12-14-29(26)36(2,3)30(27)18-23/h11-18,20-21,32,35H,19H2,1-10H3/q+1/t32-,35?,37+/m1/s1. The third-order valence-electron chi connectivity index (χ3n) is 10.6. The molecule has 1 unspecified atom stereocenters. The lowest BCUT2D eigenvalue weighted by Crippen LogP contribution is -2.56. The molecule has 0 N–H and O–H groups in total. The second-order valence-electron chi connectivity index (χ2n) is 15.1. The molecule has 3 aliphatic carbocycles. The molecule has 3 aromatic rings. The summed E-state index contributed by atoms with van der Waals surface area (Å²) in [5.74, 6) is 0.663. The molecule has 43 heavy (non-hydrogen) atoms. The Morgan fingerprint density at radius 3 is 2.35 bits per heavy atom. The Morgan fingerprint density at radius 2 is 1.65 bits per heavy atom. The molecule has 3 atom stereocenters. The second kappa shape index (κ2) is 9.19. The highest BCUT2D eigenvalue weighted by Gasteiger charge is 2.77. The molecule has 1 fully saturated rings. The van der Waals surface area contributed by atoms with E-state index in [9.17, 15) is 0 Å². The fraction of sp³-hybridized carbons (Fsp3) is 0.405. The van der Waals surface area contributed by atoms with Crippen molar-refractivity contribution >= 4 is 25.0 Å². The molecule has 1 saturated carbocycles. The molecule has 0 saturated heterocycles. The Kier molecular flexibility index (Phi) is 6.22. The fourth-order valence-corrected chi connectivity index (χ4v) is 16.0. The lowest BCUT2D eigenvalue weighted by atomic mass is 9.81. The predicted octanol–water partition coefficient (Wildman–Crippen LogP) is 8.12.